The van der Waals surface area contributed by atoms with Crippen molar-refractivity contribution < 1.29 is 19.2 Å². The molecule has 0 aromatic rings. The van der Waals surface area contributed by atoms with Gasteiger partial charge in [0.15, 0.2) is 5.78 Å². The number of rotatable bonds is 4. The average Bonchev–Trinajstić information content (AvgIpc) is 2.25. The van der Waals surface area contributed by atoms with Crippen LogP contribution in [0, 0.1) is 0 Å². The molecule has 0 spiro atoms. The minimum atomic E-state index is -0.527. The second kappa shape index (κ2) is 9.97. The van der Waals surface area contributed by atoms with Crippen LogP contribution in [0.25, 0.3) is 0 Å². The first-order chi connectivity index (χ1) is 7.34. The van der Waals surface area contributed by atoms with Crippen molar-refractivity contribution in [3.63, 3.8) is 0 Å². The molecule has 0 saturated heterocycles. The lowest BCUT2D eigenvalue weighted by molar-refractivity contribution is -0.141. The average molecular weight is 230 g/mol. The molecule has 0 rings (SSSR count). The molecule has 92 valence electrons. The van der Waals surface area contributed by atoms with Gasteiger partial charge in [-0.25, -0.2) is 4.79 Å². The highest BCUT2D eigenvalue weighted by molar-refractivity contribution is 6.37. The predicted octanol–water partition coefficient (Wildman–Crippen LogP) is 0.439. The zero-order chi connectivity index (χ0) is 13.1. The van der Waals surface area contributed by atoms with Crippen molar-refractivity contribution in [3.8, 4) is 0 Å². The fourth-order valence-electron chi connectivity index (χ4n) is 0.341. The molecule has 0 aliphatic heterocycles. The number of nitrogens with two attached hydrogens (primary N) is 1. The van der Waals surface area contributed by atoms with Gasteiger partial charge >= 0.3 is 5.97 Å². The number of carbonyl (C=O) groups is 3. The highest BCUT2D eigenvalue weighted by Gasteiger charge is 1.98. The van der Waals surface area contributed by atoms with E-state index in [2.05, 4.69) is 9.99 Å². The number of nitrogens with zero attached hydrogens (tertiary/aromatic N) is 1. The Balaban J connectivity index is 0. The number of carbonyl (C=O) groups excluding carboxylic acids is 3. The van der Waals surface area contributed by atoms with Crippen molar-refractivity contribution in [2.45, 2.75) is 34.1 Å². The normalized spacial score (nSPS) is 9.94. The van der Waals surface area contributed by atoms with Crippen LogP contribution >= 0.6 is 0 Å². The molecular weight excluding hydrogens is 212 g/mol. The van der Waals surface area contributed by atoms with Crippen LogP contribution in [0.15, 0.2) is 5.16 Å². The van der Waals surface area contributed by atoms with E-state index in [1.54, 1.807) is 6.92 Å². The second-order valence-corrected chi connectivity index (χ2v) is 2.91. The van der Waals surface area contributed by atoms with Gasteiger partial charge in [-0.1, -0.05) is 12.1 Å². The van der Waals surface area contributed by atoms with Crippen LogP contribution in [0.1, 0.15) is 34.1 Å². The molecule has 6 nitrogen and oxygen atoms in total. The third-order valence-electron chi connectivity index (χ3n) is 1.44. The zero-order valence-corrected chi connectivity index (χ0v) is 10.1. The van der Waals surface area contributed by atoms with Gasteiger partial charge in [0.1, 0.15) is 11.5 Å². The molecule has 0 atom stereocenters. The largest absolute Gasteiger partial charge is 0.331 e. The summed E-state index contributed by atoms with van der Waals surface area (Å²) in [6.45, 7) is 6.04. The summed E-state index contributed by atoms with van der Waals surface area (Å²) < 4.78 is 0. The zero-order valence-electron chi connectivity index (χ0n) is 10.1. The molecule has 0 aliphatic rings. The van der Waals surface area contributed by atoms with Crippen molar-refractivity contribution in [1.82, 2.24) is 0 Å². The van der Waals surface area contributed by atoms with Crippen LogP contribution in [-0.4, -0.2) is 29.8 Å². The quantitative estimate of drug-likeness (QED) is 0.429. The molecule has 0 aromatic carbocycles. The molecule has 0 radical (unpaired) electrons. The van der Waals surface area contributed by atoms with Gasteiger partial charge in [-0.2, -0.15) is 0 Å². The van der Waals surface area contributed by atoms with E-state index < -0.39 is 5.97 Å². The molecule has 0 aliphatic carbocycles. The molecule has 16 heavy (non-hydrogen) atoms. The van der Waals surface area contributed by atoms with Gasteiger partial charge in [-0.3, -0.25) is 9.59 Å². The molecule has 0 heterocycles. The fraction of sp³-hybridized carbons (Fsp3) is 0.600. The molecule has 0 bridgehead atoms. The van der Waals surface area contributed by atoms with Crippen molar-refractivity contribution in [2.24, 2.45) is 10.9 Å². The van der Waals surface area contributed by atoms with E-state index >= 15 is 0 Å². The second-order valence-electron chi connectivity index (χ2n) is 2.91. The van der Waals surface area contributed by atoms with Crippen molar-refractivity contribution >= 4 is 23.2 Å². The van der Waals surface area contributed by atoms with E-state index in [9.17, 15) is 14.4 Å². The minimum Gasteiger partial charge on any atom is -0.324 e. The van der Waals surface area contributed by atoms with Gasteiger partial charge in [0.05, 0.1) is 6.54 Å². The van der Waals surface area contributed by atoms with Crippen molar-refractivity contribution in [3.05, 3.63) is 0 Å². The maximum Gasteiger partial charge on any atom is 0.331 e. The SMILES string of the molecule is CC(=O)ON=C(C)C(C)=O.CCC(=O)CN. The van der Waals surface area contributed by atoms with E-state index in [0.29, 0.717) is 6.42 Å². The van der Waals surface area contributed by atoms with E-state index in [1.165, 1.54) is 20.8 Å². The molecule has 0 saturated carbocycles. The van der Waals surface area contributed by atoms with Gasteiger partial charge in [-0.05, 0) is 6.92 Å². The number of hydrogen-bond donors (Lipinski definition) is 1. The maximum absolute atomic E-state index is 10.4. The number of hydrogen-bond acceptors (Lipinski definition) is 6. The summed E-state index contributed by atoms with van der Waals surface area (Å²) in [6, 6.07) is 0. The molecule has 2 N–H and O–H groups in total. The van der Waals surface area contributed by atoms with E-state index in [-0.39, 0.29) is 23.8 Å². The Morgan fingerprint density at radius 1 is 1.19 bits per heavy atom. The van der Waals surface area contributed by atoms with Crippen LogP contribution in [0.4, 0.5) is 0 Å². The number of ketones is 2. The first kappa shape index (κ1) is 16.9. The molecule has 0 amide bonds. The molecule has 0 fully saturated rings. The Bertz CT molecular complexity index is 279. The summed E-state index contributed by atoms with van der Waals surface area (Å²) in [5.74, 6) is -0.614. The molecule has 0 aromatic heterocycles. The van der Waals surface area contributed by atoms with Crippen molar-refractivity contribution in [2.75, 3.05) is 6.54 Å². The van der Waals surface area contributed by atoms with Crippen LogP contribution in [-0.2, 0) is 19.2 Å². The third kappa shape index (κ3) is 12.4. The van der Waals surface area contributed by atoms with E-state index in [1.807, 2.05) is 0 Å². The van der Waals surface area contributed by atoms with Gasteiger partial charge in [0, 0.05) is 20.3 Å². The standard InChI is InChI=1S/C6H9NO3.C4H9NO/c1-4(5(2)8)7-10-6(3)9;1-2-4(6)3-5/h1-3H3;2-3,5H2,1H3. The summed E-state index contributed by atoms with van der Waals surface area (Å²) >= 11 is 0. The van der Waals surface area contributed by atoms with Crippen molar-refractivity contribution in [1.29, 1.82) is 0 Å². The van der Waals surface area contributed by atoms with Gasteiger partial charge < -0.3 is 10.6 Å². The lowest BCUT2D eigenvalue weighted by Gasteiger charge is -1.91. The smallest absolute Gasteiger partial charge is 0.324 e. The Labute approximate surface area is 94.8 Å². The molecular formula is C10H18N2O4. The lowest BCUT2D eigenvalue weighted by Crippen LogP contribution is -2.11. The van der Waals surface area contributed by atoms with E-state index in [4.69, 9.17) is 5.73 Å². The minimum absolute atomic E-state index is 0.120. The predicted molar refractivity (Wildman–Crippen MR) is 59.9 cm³/mol. The van der Waals surface area contributed by atoms with Gasteiger partial charge in [0.2, 0.25) is 0 Å². The van der Waals surface area contributed by atoms with E-state index in [0.717, 1.165) is 0 Å². The molecule has 6 heteroatoms. The Kier molecular flexibility index (Phi) is 10.5. The van der Waals surface area contributed by atoms with Crippen LogP contribution in [0.2, 0.25) is 0 Å². The topological polar surface area (TPSA) is 98.8 Å². The monoisotopic (exact) mass is 230 g/mol. The summed E-state index contributed by atoms with van der Waals surface area (Å²) in [7, 11) is 0. The first-order valence-corrected chi connectivity index (χ1v) is 4.80. The summed E-state index contributed by atoms with van der Waals surface area (Å²) in [5.41, 5.74) is 5.12. The van der Waals surface area contributed by atoms with Crippen LogP contribution in [0.5, 0.6) is 0 Å². The van der Waals surface area contributed by atoms with Crippen LogP contribution < -0.4 is 5.73 Å². The Hall–Kier alpha value is -1.56. The van der Waals surface area contributed by atoms with Gasteiger partial charge in [0.25, 0.3) is 0 Å². The third-order valence-corrected chi connectivity index (χ3v) is 1.44. The highest BCUT2D eigenvalue weighted by atomic mass is 16.7. The van der Waals surface area contributed by atoms with Crippen LogP contribution in [0.3, 0.4) is 0 Å². The number of Topliss-reactive ketones (excluding diaryl/α,β-unsaturated/α-hetero) is 2. The Morgan fingerprint density at radius 3 is 1.88 bits per heavy atom. The molecule has 0 unspecified atom stereocenters. The van der Waals surface area contributed by atoms with Gasteiger partial charge in [-0.15, -0.1) is 0 Å². The lowest BCUT2D eigenvalue weighted by atomic mass is 10.3. The fourth-order valence-corrected chi connectivity index (χ4v) is 0.341. The summed E-state index contributed by atoms with van der Waals surface area (Å²) in [4.78, 5) is 34.8. The summed E-state index contributed by atoms with van der Waals surface area (Å²) in [6.07, 6.45) is 0.566. The first-order valence-electron chi connectivity index (χ1n) is 4.80. The maximum atomic E-state index is 10.4. The summed E-state index contributed by atoms with van der Waals surface area (Å²) in [5, 5.41) is 3.24. The number of oxime groups is 1. The Morgan fingerprint density at radius 2 is 1.69 bits per heavy atom. The highest BCUT2D eigenvalue weighted by Crippen LogP contribution is 1.83.